The summed E-state index contributed by atoms with van der Waals surface area (Å²) < 4.78 is 13.4. The average molecular weight is 348 g/mol. The van der Waals surface area contributed by atoms with Crippen molar-refractivity contribution in [1.29, 1.82) is 0 Å². The second-order valence-corrected chi connectivity index (χ2v) is 6.28. The second-order valence-electron chi connectivity index (χ2n) is 6.28. The Morgan fingerprint density at radius 2 is 1.73 bits per heavy atom. The van der Waals surface area contributed by atoms with Crippen LogP contribution in [0, 0.1) is 5.82 Å². The van der Waals surface area contributed by atoms with Crippen molar-refractivity contribution in [2.45, 2.75) is 13.0 Å². The third-order valence-corrected chi connectivity index (χ3v) is 4.46. The highest BCUT2D eigenvalue weighted by molar-refractivity contribution is 6.07. The molecule has 0 fully saturated rings. The second kappa shape index (κ2) is 6.52. The summed E-state index contributed by atoms with van der Waals surface area (Å²) in [7, 11) is 0. The van der Waals surface area contributed by atoms with E-state index >= 15 is 0 Å². The van der Waals surface area contributed by atoms with Crippen LogP contribution in [-0.2, 0) is 17.8 Å². The molecule has 0 bridgehead atoms. The number of aromatic hydroxyl groups is 1. The number of fused-ring (bicyclic) bond motifs is 3. The Kier molecular flexibility index (Phi) is 4.05. The van der Waals surface area contributed by atoms with Gasteiger partial charge >= 0.3 is 0 Å². The van der Waals surface area contributed by atoms with Crippen molar-refractivity contribution in [1.82, 2.24) is 10.3 Å². The minimum atomic E-state index is -0.284. The number of hydrogen-bond donors (Lipinski definition) is 3. The first-order valence-corrected chi connectivity index (χ1v) is 8.33. The van der Waals surface area contributed by atoms with Crippen molar-refractivity contribution in [3.05, 3.63) is 77.6 Å². The van der Waals surface area contributed by atoms with Crippen LogP contribution in [0.1, 0.15) is 11.1 Å². The molecule has 1 heterocycles. The Labute approximate surface area is 149 Å². The zero-order valence-electron chi connectivity index (χ0n) is 13.9. The van der Waals surface area contributed by atoms with Crippen LogP contribution >= 0.6 is 0 Å². The van der Waals surface area contributed by atoms with E-state index in [0.29, 0.717) is 5.56 Å². The highest BCUT2D eigenvalue weighted by atomic mass is 19.1. The van der Waals surface area contributed by atoms with E-state index in [1.54, 1.807) is 24.3 Å². The number of hydrogen-bond acceptors (Lipinski definition) is 2. The molecule has 0 aliphatic rings. The minimum Gasteiger partial charge on any atom is -0.508 e. The number of phenols is 1. The first-order valence-electron chi connectivity index (χ1n) is 8.33. The van der Waals surface area contributed by atoms with E-state index in [1.165, 1.54) is 12.1 Å². The van der Waals surface area contributed by atoms with Crippen molar-refractivity contribution >= 4 is 27.7 Å². The molecule has 0 saturated heterocycles. The van der Waals surface area contributed by atoms with E-state index in [4.69, 9.17) is 0 Å². The van der Waals surface area contributed by atoms with Gasteiger partial charge in [-0.05, 0) is 35.9 Å². The van der Waals surface area contributed by atoms with E-state index in [9.17, 15) is 14.3 Å². The molecular weight excluding hydrogens is 331 g/mol. The van der Waals surface area contributed by atoms with Crippen molar-refractivity contribution in [2.24, 2.45) is 0 Å². The molecule has 4 nitrogen and oxygen atoms in total. The Balaban J connectivity index is 1.50. The Morgan fingerprint density at radius 1 is 1.00 bits per heavy atom. The molecule has 0 spiro atoms. The van der Waals surface area contributed by atoms with Crippen LogP contribution in [0.4, 0.5) is 4.39 Å². The van der Waals surface area contributed by atoms with Crippen LogP contribution in [0.15, 0.2) is 60.7 Å². The first-order chi connectivity index (χ1) is 12.6. The number of rotatable bonds is 4. The maximum absolute atomic E-state index is 13.4. The maximum Gasteiger partial charge on any atom is 0.224 e. The highest BCUT2D eigenvalue weighted by Gasteiger charge is 2.09. The van der Waals surface area contributed by atoms with Gasteiger partial charge in [0.25, 0.3) is 0 Å². The van der Waals surface area contributed by atoms with Gasteiger partial charge in [0.05, 0.1) is 6.42 Å². The van der Waals surface area contributed by atoms with Gasteiger partial charge in [0, 0.05) is 33.9 Å². The third-order valence-electron chi connectivity index (χ3n) is 4.46. The molecule has 26 heavy (non-hydrogen) atoms. The Hall–Kier alpha value is -3.34. The molecule has 3 N–H and O–H groups in total. The summed E-state index contributed by atoms with van der Waals surface area (Å²) in [4.78, 5) is 15.4. The lowest BCUT2D eigenvalue weighted by Crippen LogP contribution is -2.24. The lowest BCUT2D eigenvalue weighted by molar-refractivity contribution is -0.120. The summed E-state index contributed by atoms with van der Waals surface area (Å²) in [6.07, 6.45) is 0.229. The molecule has 0 unspecified atom stereocenters. The molecule has 0 atom stereocenters. The molecule has 5 heteroatoms. The molecule has 1 aromatic heterocycles. The normalized spacial score (nSPS) is 11.1. The quantitative estimate of drug-likeness (QED) is 0.521. The van der Waals surface area contributed by atoms with Crippen LogP contribution in [0.2, 0.25) is 0 Å². The zero-order chi connectivity index (χ0) is 18.1. The van der Waals surface area contributed by atoms with Gasteiger partial charge in [-0.3, -0.25) is 4.79 Å². The van der Waals surface area contributed by atoms with Crippen LogP contribution in [-0.4, -0.2) is 16.0 Å². The number of benzene rings is 3. The topological polar surface area (TPSA) is 65.1 Å². The number of halogens is 1. The number of aromatic amines is 1. The standard InChI is InChI=1S/C21H17FN2O2/c22-15-6-8-17-16-7-5-13(9-18(16)24-19(17)11-15)10-21(26)23-12-14-3-1-2-4-20(14)25/h1-9,11,24-25H,10,12H2,(H,23,26). The van der Waals surface area contributed by atoms with E-state index in [0.717, 1.165) is 27.4 Å². The molecule has 3 aromatic carbocycles. The molecule has 1 amide bonds. The molecule has 0 radical (unpaired) electrons. The fraction of sp³-hybridized carbons (Fsp3) is 0.0952. The fourth-order valence-electron chi connectivity index (χ4n) is 3.14. The number of H-pyrrole nitrogens is 1. The summed E-state index contributed by atoms with van der Waals surface area (Å²) in [5.74, 6) is -0.248. The molecule has 0 saturated carbocycles. The lowest BCUT2D eigenvalue weighted by Gasteiger charge is -2.07. The maximum atomic E-state index is 13.4. The van der Waals surface area contributed by atoms with Crippen LogP contribution < -0.4 is 5.32 Å². The van der Waals surface area contributed by atoms with Crippen molar-refractivity contribution in [2.75, 3.05) is 0 Å². The summed E-state index contributed by atoms with van der Waals surface area (Å²) in [5, 5.41) is 14.5. The van der Waals surface area contributed by atoms with Gasteiger partial charge in [0.15, 0.2) is 0 Å². The summed E-state index contributed by atoms with van der Waals surface area (Å²) >= 11 is 0. The Bertz CT molecular complexity index is 1120. The van der Waals surface area contributed by atoms with Crippen LogP contribution in [0.5, 0.6) is 5.75 Å². The monoisotopic (exact) mass is 348 g/mol. The number of amides is 1. The molecule has 4 rings (SSSR count). The molecule has 4 aromatic rings. The fourth-order valence-corrected chi connectivity index (χ4v) is 3.14. The van der Waals surface area contributed by atoms with Gasteiger partial charge in [0.1, 0.15) is 11.6 Å². The van der Waals surface area contributed by atoms with Gasteiger partial charge in [-0.2, -0.15) is 0 Å². The number of phenolic OH excluding ortho intramolecular Hbond substituents is 1. The Morgan fingerprint density at radius 3 is 2.54 bits per heavy atom. The van der Waals surface area contributed by atoms with Crippen LogP contribution in [0.25, 0.3) is 21.8 Å². The van der Waals surface area contributed by atoms with Gasteiger partial charge in [-0.1, -0.05) is 30.3 Å². The van der Waals surface area contributed by atoms with Gasteiger partial charge < -0.3 is 15.4 Å². The summed E-state index contributed by atoms with van der Waals surface area (Å²) in [6.45, 7) is 0.277. The molecule has 0 aliphatic heterocycles. The first kappa shape index (κ1) is 16.1. The van der Waals surface area contributed by atoms with Gasteiger partial charge in [-0.25, -0.2) is 4.39 Å². The smallest absolute Gasteiger partial charge is 0.224 e. The molecular formula is C21H17FN2O2. The van der Waals surface area contributed by atoms with E-state index < -0.39 is 0 Å². The summed E-state index contributed by atoms with van der Waals surface area (Å²) in [5.41, 5.74) is 3.14. The lowest BCUT2D eigenvalue weighted by atomic mass is 10.1. The number of carbonyl (C=O) groups excluding carboxylic acids is 1. The van der Waals surface area contributed by atoms with Crippen LogP contribution in [0.3, 0.4) is 0 Å². The number of carbonyl (C=O) groups is 1. The van der Waals surface area contributed by atoms with Crippen molar-refractivity contribution in [3.63, 3.8) is 0 Å². The predicted octanol–water partition coefficient (Wildman–Crippen LogP) is 4.02. The highest BCUT2D eigenvalue weighted by Crippen LogP contribution is 2.26. The molecule has 130 valence electrons. The zero-order valence-corrected chi connectivity index (χ0v) is 13.9. The van der Waals surface area contributed by atoms with Gasteiger partial charge in [0.2, 0.25) is 5.91 Å². The molecule has 0 aliphatic carbocycles. The third kappa shape index (κ3) is 3.11. The largest absolute Gasteiger partial charge is 0.508 e. The van der Waals surface area contributed by atoms with E-state index in [1.807, 2.05) is 24.3 Å². The minimum absolute atomic E-state index is 0.130. The SMILES string of the molecule is O=C(Cc1ccc2c(c1)[nH]c1cc(F)ccc12)NCc1ccccc1O. The number of aromatic nitrogens is 1. The van der Waals surface area contributed by atoms with E-state index in [-0.39, 0.29) is 30.4 Å². The average Bonchev–Trinajstić information content (AvgIpc) is 2.97. The van der Waals surface area contributed by atoms with Gasteiger partial charge in [-0.15, -0.1) is 0 Å². The summed E-state index contributed by atoms with van der Waals surface area (Å²) in [6, 6.07) is 17.3. The van der Waals surface area contributed by atoms with E-state index in [2.05, 4.69) is 10.3 Å². The van der Waals surface area contributed by atoms with Crippen molar-refractivity contribution in [3.8, 4) is 5.75 Å². The van der Waals surface area contributed by atoms with Crippen molar-refractivity contribution < 1.29 is 14.3 Å². The number of para-hydroxylation sites is 1. The number of nitrogens with one attached hydrogen (secondary N) is 2. The predicted molar refractivity (Wildman–Crippen MR) is 99.4 cm³/mol.